The van der Waals surface area contributed by atoms with E-state index in [1.165, 1.54) is 0 Å². The summed E-state index contributed by atoms with van der Waals surface area (Å²) in [5, 5.41) is 7.02. The highest BCUT2D eigenvalue weighted by molar-refractivity contribution is 5.29. The number of piperidine rings is 1. The first-order chi connectivity index (χ1) is 8.48. The van der Waals surface area contributed by atoms with Crippen LogP contribution in [0.2, 0.25) is 0 Å². The van der Waals surface area contributed by atoms with E-state index in [1.54, 1.807) is 0 Å². The molecule has 2 saturated carbocycles. The monoisotopic (exact) mass is 259 g/mol. The van der Waals surface area contributed by atoms with Crippen LogP contribution in [0.5, 0.6) is 0 Å². The molecule has 1 aliphatic heterocycles. The van der Waals surface area contributed by atoms with Crippen molar-refractivity contribution in [3.8, 4) is 0 Å². The van der Waals surface area contributed by atoms with Crippen molar-refractivity contribution in [2.45, 2.75) is 36.3 Å². The van der Waals surface area contributed by atoms with Crippen molar-refractivity contribution in [3.05, 3.63) is 11.7 Å². The van der Waals surface area contributed by atoms with Gasteiger partial charge in [-0.05, 0) is 31.7 Å². The molecule has 2 aliphatic carbocycles. The largest absolute Gasteiger partial charge is 0.403 e. The molecule has 3 aliphatic rings. The van der Waals surface area contributed by atoms with E-state index in [-0.39, 0.29) is 24.1 Å². The smallest absolute Gasteiger partial charge is 0.338 e. The lowest BCUT2D eigenvalue weighted by molar-refractivity contribution is -0.166. The maximum absolute atomic E-state index is 12.9. The molecule has 2 atom stereocenters. The quantitative estimate of drug-likeness (QED) is 0.875. The van der Waals surface area contributed by atoms with Gasteiger partial charge in [-0.15, -0.1) is 0 Å². The maximum Gasteiger partial charge on any atom is 0.403 e. The Morgan fingerprint density at radius 1 is 1.33 bits per heavy atom. The van der Waals surface area contributed by atoms with Crippen molar-refractivity contribution in [3.63, 3.8) is 0 Å². The highest BCUT2D eigenvalue weighted by Crippen LogP contribution is 2.60. The van der Waals surface area contributed by atoms with Gasteiger partial charge in [-0.1, -0.05) is 5.16 Å². The molecule has 0 bridgehead atoms. The maximum atomic E-state index is 12.9. The number of nitrogens with zero attached hydrogens (tertiary/aromatic N) is 2. The molecule has 0 amide bonds. The number of hydrogen-bond donors (Lipinski definition) is 1. The van der Waals surface area contributed by atoms with Crippen LogP contribution in [0.15, 0.2) is 4.52 Å². The molecule has 18 heavy (non-hydrogen) atoms. The Morgan fingerprint density at radius 3 is 2.61 bits per heavy atom. The first kappa shape index (κ1) is 10.8. The third-order valence-electron chi connectivity index (χ3n) is 4.64. The summed E-state index contributed by atoms with van der Waals surface area (Å²) in [7, 11) is 0. The van der Waals surface area contributed by atoms with Crippen molar-refractivity contribution < 1.29 is 17.7 Å². The van der Waals surface area contributed by atoms with Gasteiger partial charge in [-0.25, -0.2) is 0 Å². The Morgan fingerprint density at radius 2 is 2.11 bits per heavy atom. The van der Waals surface area contributed by atoms with Crippen molar-refractivity contribution in [1.29, 1.82) is 0 Å². The van der Waals surface area contributed by atoms with E-state index in [1.807, 2.05) is 0 Å². The van der Waals surface area contributed by atoms with E-state index in [2.05, 4.69) is 15.5 Å². The summed E-state index contributed by atoms with van der Waals surface area (Å²) in [6.45, 7) is 1.64. The van der Waals surface area contributed by atoms with E-state index in [9.17, 15) is 13.2 Å². The van der Waals surface area contributed by atoms with E-state index in [0.29, 0.717) is 11.7 Å². The third-order valence-corrected chi connectivity index (χ3v) is 4.64. The Kier molecular flexibility index (Phi) is 1.73. The van der Waals surface area contributed by atoms with E-state index >= 15 is 0 Å². The van der Waals surface area contributed by atoms with Gasteiger partial charge in [0.25, 0.3) is 0 Å². The van der Waals surface area contributed by atoms with Crippen LogP contribution in [-0.2, 0) is 10.8 Å². The van der Waals surface area contributed by atoms with Gasteiger partial charge in [0.1, 0.15) is 5.41 Å². The molecule has 4 rings (SSSR count). The van der Waals surface area contributed by atoms with Gasteiger partial charge in [-0.2, -0.15) is 18.2 Å². The second-order valence-corrected chi connectivity index (χ2v) is 5.69. The van der Waals surface area contributed by atoms with Crippen molar-refractivity contribution in [2.24, 2.45) is 5.92 Å². The summed E-state index contributed by atoms with van der Waals surface area (Å²) in [6, 6.07) is 0. The average molecular weight is 259 g/mol. The minimum Gasteiger partial charge on any atom is -0.338 e. The van der Waals surface area contributed by atoms with Crippen LogP contribution in [0.3, 0.4) is 0 Å². The van der Waals surface area contributed by atoms with Gasteiger partial charge in [0.15, 0.2) is 5.82 Å². The summed E-state index contributed by atoms with van der Waals surface area (Å²) < 4.78 is 43.7. The van der Waals surface area contributed by atoms with Crippen LogP contribution in [-0.4, -0.2) is 29.4 Å². The van der Waals surface area contributed by atoms with Crippen LogP contribution in [0.25, 0.3) is 0 Å². The second-order valence-electron chi connectivity index (χ2n) is 5.69. The van der Waals surface area contributed by atoms with Gasteiger partial charge in [0.2, 0.25) is 5.89 Å². The molecule has 1 aromatic rings. The summed E-state index contributed by atoms with van der Waals surface area (Å²) in [5.41, 5.74) is -2.01. The SMILES string of the molecule is FC(F)(F)C1(c2nc(C34CNCC3C4)no2)CC1. The number of halogens is 3. The normalized spacial score (nSPS) is 36.5. The zero-order valence-electron chi connectivity index (χ0n) is 9.55. The number of hydrogen-bond acceptors (Lipinski definition) is 4. The molecular formula is C11H12F3N3O. The minimum absolute atomic E-state index is 0.0623. The van der Waals surface area contributed by atoms with Gasteiger partial charge >= 0.3 is 6.18 Å². The number of aromatic nitrogens is 2. The highest BCUT2D eigenvalue weighted by atomic mass is 19.4. The first-order valence-electron chi connectivity index (χ1n) is 6.10. The molecular weight excluding hydrogens is 247 g/mol. The van der Waals surface area contributed by atoms with Crippen LogP contribution < -0.4 is 5.32 Å². The fourth-order valence-corrected chi connectivity index (χ4v) is 3.05. The minimum atomic E-state index is -4.29. The zero-order chi connectivity index (χ0) is 12.6. The lowest BCUT2D eigenvalue weighted by atomic mass is 10.1. The summed E-state index contributed by atoms with van der Waals surface area (Å²) in [6.07, 6.45) is -3.21. The predicted molar refractivity (Wildman–Crippen MR) is 53.9 cm³/mol. The summed E-state index contributed by atoms with van der Waals surface area (Å²) in [5.74, 6) is 0.684. The van der Waals surface area contributed by atoms with Crippen LogP contribution >= 0.6 is 0 Å². The Labute approximate surface area is 101 Å². The molecule has 2 unspecified atom stereocenters. The van der Waals surface area contributed by atoms with Crippen molar-refractivity contribution in [2.75, 3.05) is 13.1 Å². The first-order valence-corrected chi connectivity index (χ1v) is 6.10. The Hall–Kier alpha value is -1.11. The molecule has 1 N–H and O–H groups in total. The number of rotatable bonds is 2. The molecule has 0 aromatic carbocycles. The van der Waals surface area contributed by atoms with Gasteiger partial charge < -0.3 is 9.84 Å². The van der Waals surface area contributed by atoms with Crippen LogP contribution in [0.1, 0.15) is 31.0 Å². The number of fused-ring (bicyclic) bond motifs is 1. The average Bonchev–Trinajstić information content (AvgIpc) is 3.16. The molecule has 3 fully saturated rings. The number of nitrogens with one attached hydrogen (secondary N) is 1. The topological polar surface area (TPSA) is 51.0 Å². The zero-order valence-corrected chi connectivity index (χ0v) is 9.55. The lowest BCUT2D eigenvalue weighted by Crippen LogP contribution is -2.29. The predicted octanol–water partition coefficient (Wildman–Crippen LogP) is 1.52. The molecule has 7 heteroatoms. The number of alkyl halides is 3. The van der Waals surface area contributed by atoms with E-state index in [0.717, 1.165) is 19.5 Å². The van der Waals surface area contributed by atoms with E-state index in [4.69, 9.17) is 4.52 Å². The second kappa shape index (κ2) is 2.89. The third kappa shape index (κ3) is 1.15. The van der Waals surface area contributed by atoms with Crippen LogP contribution in [0, 0.1) is 5.92 Å². The molecule has 0 radical (unpaired) electrons. The summed E-state index contributed by atoms with van der Waals surface area (Å²) >= 11 is 0. The standard InChI is InChI=1S/C11H12F3N3O/c12-11(13,14)10(1-2-10)8-16-7(17-18-8)9-3-6(9)4-15-5-9/h6,15H,1-5H2. The van der Waals surface area contributed by atoms with Crippen LogP contribution in [0.4, 0.5) is 13.2 Å². The molecule has 4 nitrogen and oxygen atoms in total. The van der Waals surface area contributed by atoms with Gasteiger partial charge in [-0.3, -0.25) is 0 Å². The van der Waals surface area contributed by atoms with E-state index < -0.39 is 11.6 Å². The van der Waals surface area contributed by atoms with Crippen molar-refractivity contribution >= 4 is 0 Å². The highest BCUT2D eigenvalue weighted by Gasteiger charge is 2.69. The fraction of sp³-hybridized carbons (Fsp3) is 0.818. The Bertz CT molecular complexity index is 508. The van der Waals surface area contributed by atoms with Crippen molar-refractivity contribution in [1.82, 2.24) is 15.5 Å². The van der Waals surface area contributed by atoms with Gasteiger partial charge in [0, 0.05) is 6.54 Å². The molecule has 1 aromatic heterocycles. The molecule has 98 valence electrons. The Balaban J connectivity index is 1.68. The molecule has 1 saturated heterocycles. The summed E-state index contributed by atoms with van der Waals surface area (Å²) in [4.78, 5) is 4.07. The molecule has 0 spiro atoms. The fourth-order valence-electron chi connectivity index (χ4n) is 3.05. The lowest BCUT2D eigenvalue weighted by Gasteiger charge is -2.14. The van der Waals surface area contributed by atoms with Gasteiger partial charge in [0.05, 0.1) is 5.41 Å². The molecule has 2 heterocycles.